The molecule has 0 spiro atoms. The summed E-state index contributed by atoms with van der Waals surface area (Å²) in [6.07, 6.45) is 4.60. The lowest BCUT2D eigenvalue weighted by molar-refractivity contribution is -0.0171. The number of unbranched alkanes of at least 4 members (excludes halogenated alkanes) is 2. The summed E-state index contributed by atoms with van der Waals surface area (Å²) in [5.74, 6) is 0. The van der Waals surface area contributed by atoms with Gasteiger partial charge in [0, 0.05) is 31.9 Å². The number of hydrogen-bond acceptors (Lipinski definition) is 3. The van der Waals surface area contributed by atoms with E-state index in [9.17, 15) is 0 Å². The molecule has 0 aliphatic carbocycles. The van der Waals surface area contributed by atoms with Gasteiger partial charge in [-0.1, -0.05) is 86.8 Å². The molecular formula is C34H34BNO2S. The highest BCUT2D eigenvalue weighted by atomic mass is 32.1. The van der Waals surface area contributed by atoms with Crippen LogP contribution in [0.25, 0.3) is 47.7 Å². The summed E-state index contributed by atoms with van der Waals surface area (Å²) in [7, 11) is -0.354. The average Bonchev–Trinajstić information content (AvgIpc) is 3.56. The number of aromatic nitrogens is 1. The quantitative estimate of drug-likeness (QED) is 0.158. The molecule has 1 aliphatic rings. The van der Waals surface area contributed by atoms with Gasteiger partial charge in [0.15, 0.2) is 0 Å². The van der Waals surface area contributed by atoms with Crippen LogP contribution in [0.2, 0.25) is 0 Å². The summed E-state index contributed by atoms with van der Waals surface area (Å²) in [4.78, 5) is 0. The molecule has 0 N–H and O–H groups in total. The second kappa shape index (κ2) is 9.23. The zero-order valence-corrected chi connectivity index (χ0v) is 24.0. The number of para-hydroxylation sites is 1. The molecule has 5 heteroatoms. The Hall–Kier alpha value is -3.12. The fourth-order valence-electron chi connectivity index (χ4n) is 6.28. The maximum Gasteiger partial charge on any atom is 0.494 e. The largest absolute Gasteiger partial charge is 0.494 e. The molecule has 1 unspecified atom stereocenters. The van der Waals surface area contributed by atoms with E-state index in [-0.39, 0.29) is 18.3 Å². The normalized spacial score (nSPS) is 19.2. The van der Waals surface area contributed by atoms with E-state index in [1.165, 1.54) is 54.8 Å². The Labute approximate surface area is 234 Å². The van der Waals surface area contributed by atoms with Gasteiger partial charge >= 0.3 is 7.12 Å². The molecule has 2 aromatic heterocycles. The van der Waals surface area contributed by atoms with E-state index < -0.39 is 0 Å². The number of hydrogen-bond donors (Lipinski definition) is 0. The van der Waals surface area contributed by atoms with Crippen molar-refractivity contribution in [2.75, 3.05) is 0 Å². The Kier molecular flexibility index (Phi) is 5.89. The maximum atomic E-state index is 6.63. The van der Waals surface area contributed by atoms with Crippen molar-refractivity contribution in [2.45, 2.75) is 64.6 Å². The van der Waals surface area contributed by atoms with Crippen molar-refractivity contribution in [3.8, 4) is 5.69 Å². The maximum absolute atomic E-state index is 6.63. The fraction of sp³-hybridized carbons (Fsp3) is 0.294. The molecule has 6 aromatic rings. The highest BCUT2D eigenvalue weighted by molar-refractivity contribution is 7.26. The van der Waals surface area contributed by atoms with Gasteiger partial charge < -0.3 is 13.9 Å². The molecule has 3 heterocycles. The highest BCUT2D eigenvalue weighted by Crippen LogP contribution is 2.43. The van der Waals surface area contributed by atoms with E-state index in [0.717, 1.165) is 24.0 Å². The lowest BCUT2D eigenvalue weighted by atomic mass is 9.79. The summed E-state index contributed by atoms with van der Waals surface area (Å²) in [6.45, 7) is 8.79. The monoisotopic (exact) mass is 531 g/mol. The molecule has 39 heavy (non-hydrogen) atoms. The Morgan fingerprint density at radius 2 is 1.46 bits per heavy atom. The van der Waals surface area contributed by atoms with E-state index in [0.29, 0.717) is 0 Å². The summed E-state index contributed by atoms with van der Waals surface area (Å²) in [5.41, 5.74) is 4.08. The smallest absolute Gasteiger partial charge is 0.399 e. The van der Waals surface area contributed by atoms with Gasteiger partial charge in [0.05, 0.1) is 26.9 Å². The summed E-state index contributed by atoms with van der Waals surface area (Å²) < 4.78 is 18.2. The van der Waals surface area contributed by atoms with Gasteiger partial charge in [0.2, 0.25) is 0 Å². The van der Waals surface area contributed by atoms with Crippen molar-refractivity contribution in [3.63, 3.8) is 0 Å². The third kappa shape index (κ3) is 3.86. The predicted molar refractivity (Wildman–Crippen MR) is 168 cm³/mol. The van der Waals surface area contributed by atoms with Gasteiger partial charge in [-0.05, 0) is 56.9 Å². The SMILES string of the molecule is CCCCCC1(C)OB(c2ccc(-n3c4ccccc4c4ccc5c6ccccc6sc5c43)cc2)OC1(C)C. The van der Waals surface area contributed by atoms with Crippen LogP contribution in [0.4, 0.5) is 0 Å². The fourth-order valence-corrected chi connectivity index (χ4v) is 7.52. The van der Waals surface area contributed by atoms with Gasteiger partial charge in [-0.3, -0.25) is 0 Å². The van der Waals surface area contributed by atoms with Gasteiger partial charge in [-0.2, -0.15) is 0 Å². The molecule has 1 aliphatic heterocycles. The third-order valence-electron chi connectivity index (χ3n) is 8.90. The minimum absolute atomic E-state index is 0.300. The van der Waals surface area contributed by atoms with Gasteiger partial charge in [0.1, 0.15) is 0 Å². The lowest BCUT2D eigenvalue weighted by Gasteiger charge is -2.36. The average molecular weight is 532 g/mol. The van der Waals surface area contributed by atoms with Crippen molar-refractivity contribution in [1.82, 2.24) is 4.57 Å². The minimum atomic E-state index is -0.354. The first-order valence-electron chi connectivity index (χ1n) is 14.2. The Bertz CT molecular complexity index is 1830. The van der Waals surface area contributed by atoms with E-state index in [2.05, 4.69) is 117 Å². The van der Waals surface area contributed by atoms with Crippen LogP contribution in [0.1, 0.15) is 53.4 Å². The number of thiophene rings is 1. The zero-order valence-electron chi connectivity index (χ0n) is 23.2. The first kappa shape index (κ1) is 24.9. The molecule has 3 nitrogen and oxygen atoms in total. The second-order valence-electron chi connectivity index (χ2n) is 11.6. The molecule has 196 valence electrons. The van der Waals surface area contributed by atoms with Crippen LogP contribution >= 0.6 is 11.3 Å². The van der Waals surface area contributed by atoms with Crippen LogP contribution in [0.5, 0.6) is 0 Å². The molecule has 0 amide bonds. The molecule has 7 rings (SSSR count). The summed E-state index contributed by atoms with van der Waals surface area (Å²) in [5, 5.41) is 5.22. The first-order valence-corrected chi connectivity index (χ1v) is 15.0. The Morgan fingerprint density at radius 1 is 0.744 bits per heavy atom. The number of nitrogens with zero attached hydrogens (tertiary/aromatic N) is 1. The Morgan fingerprint density at radius 3 is 2.26 bits per heavy atom. The van der Waals surface area contributed by atoms with E-state index in [1.807, 2.05) is 11.3 Å². The van der Waals surface area contributed by atoms with Gasteiger partial charge in [-0.15, -0.1) is 11.3 Å². The number of benzene rings is 4. The third-order valence-corrected chi connectivity index (χ3v) is 10.1. The zero-order chi connectivity index (χ0) is 26.8. The molecule has 0 saturated carbocycles. The first-order chi connectivity index (χ1) is 18.9. The van der Waals surface area contributed by atoms with Gasteiger partial charge in [0.25, 0.3) is 0 Å². The van der Waals surface area contributed by atoms with Crippen LogP contribution in [0, 0.1) is 0 Å². The summed E-state index contributed by atoms with van der Waals surface area (Å²) in [6, 6.07) is 30.9. The molecule has 0 bridgehead atoms. The Balaban J connectivity index is 1.33. The van der Waals surface area contributed by atoms with Crippen molar-refractivity contribution < 1.29 is 9.31 Å². The van der Waals surface area contributed by atoms with E-state index in [4.69, 9.17) is 9.31 Å². The summed E-state index contributed by atoms with van der Waals surface area (Å²) >= 11 is 1.89. The van der Waals surface area contributed by atoms with Crippen LogP contribution in [-0.4, -0.2) is 22.9 Å². The molecule has 4 aromatic carbocycles. The number of rotatable bonds is 6. The number of fused-ring (bicyclic) bond motifs is 7. The molecule has 1 saturated heterocycles. The van der Waals surface area contributed by atoms with Crippen LogP contribution in [0.3, 0.4) is 0 Å². The van der Waals surface area contributed by atoms with Crippen molar-refractivity contribution >= 4 is 65.9 Å². The van der Waals surface area contributed by atoms with Crippen LogP contribution < -0.4 is 5.46 Å². The highest BCUT2D eigenvalue weighted by Gasteiger charge is 2.54. The van der Waals surface area contributed by atoms with Crippen molar-refractivity contribution in [1.29, 1.82) is 0 Å². The topological polar surface area (TPSA) is 23.4 Å². The molecule has 1 atom stereocenters. The van der Waals surface area contributed by atoms with Crippen LogP contribution in [0.15, 0.2) is 84.9 Å². The van der Waals surface area contributed by atoms with E-state index >= 15 is 0 Å². The van der Waals surface area contributed by atoms with Crippen LogP contribution in [-0.2, 0) is 9.31 Å². The second-order valence-corrected chi connectivity index (χ2v) is 12.7. The van der Waals surface area contributed by atoms with Crippen molar-refractivity contribution in [3.05, 3.63) is 84.9 Å². The van der Waals surface area contributed by atoms with Gasteiger partial charge in [-0.25, -0.2) is 0 Å². The molecule has 1 fully saturated rings. The molecular weight excluding hydrogens is 497 g/mol. The minimum Gasteiger partial charge on any atom is -0.399 e. The standard InChI is InChI=1S/C34H34BNO2S/c1-5-6-11-22-34(4)33(2,3)37-35(38-34)23-16-18-24(19-17-23)36-29-14-9-7-12-25(29)27-20-21-28-26-13-8-10-15-30(26)39-32(28)31(27)36/h7-10,12-21H,5-6,11,22H2,1-4H3. The molecule has 0 radical (unpaired) electrons. The van der Waals surface area contributed by atoms with Crippen molar-refractivity contribution in [2.24, 2.45) is 0 Å². The predicted octanol–water partition coefficient (Wildman–Crippen LogP) is 9.01. The van der Waals surface area contributed by atoms with E-state index in [1.54, 1.807) is 0 Å². The lowest BCUT2D eigenvalue weighted by Crippen LogP contribution is -2.44.